The third-order valence-electron chi connectivity index (χ3n) is 5.15. The molecule has 0 aliphatic carbocycles. The van der Waals surface area contributed by atoms with E-state index in [2.05, 4.69) is 23.3 Å². The van der Waals surface area contributed by atoms with Gasteiger partial charge in [-0.3, -0.25) is 14.6 Å². The summed E-state index contributed by atoms with van der Waals surface area (Å²) in [6, 6.07) is 6.12. The number of carbonyl (C=O) groups is 2. The first-order valence-electron chi connectivity index (χ1n) is 9.06. The van der Waals surface area contributed by atoms with E-state index in [1.54, 1.807) is 4.90 Å². The minimum absolute atomic E-state index is 0.0313. The fourth-order valence-electron chi connectivity index (χ4n) is 3.51. The van der Waals surface area contributed by atoms with Crippen molar-refractivity contribution in [3.05, 3.63) is 47.3 Å². The van der Waals surface area contributed by atoms with Gasteiger partial charge < -0.3 is 10.2 Å². The highest BCUT2D eigenvalue weighted by Crippen LogP contribution is 2.33. The first kappa shape index (κ1) is 18.1. The molecule has 0 fully saturated rings. The summed E-state index contributed by atoms with van der Waals surface area (Å²) in [4.78, 5) is 29.7. The highest BCUT2D eigenvalue weighted by atomic mass is 16.2. The minimum atomic E-state index is -0.0868. The molecule has 1 aliphatic rings. The van der Waals surface area contributed by atoms with Crippen molar-refractivity contribution in [3.63, 3.8) is 0 Å². The Morgan fingerprint density at radius 1 is 1.31 bits per heavy atom. The first-order chi connectivity index (χ1) is 12.4. The van der Waals surface area contributed by atoms with E-state index in [4.69, 9.17) is 0 Å². The quantitative estimate of drug-likeness (QED) is 0.916. The molecule has 0 unspecified atom stereocenters. The van der Waals surface area contributed by atoms with Gasteiger partial charge in [-0.15, -0.1) is 0 Å². The Morgan fingerprint density at radius 3 is 2.81 bits per heavy atom. The summed E-state index contributed by atoms with van der Waals surface area (Å²) in [5.41, 5.74) is 6.45. The number of aryl methyl sites for hydroxylation is 1. The van der Waals surface area contributed by atoms with Gasteiger partial charge in [0.15, 0.2) is 0 Å². The van der Waals surface area contributed by atoms with E-state index in [0.29, 0.717) is 12.8 Å². The van der Waals surface area contributed by atoms with Crippen LogP contribution in [0.4, 0.5) is 5.69 Å². The van der Waals surface area contributed by atoms with Crippen molar-refractivity contribution in [2.24, 2.45) is 0 Å². The number of hydrogen-bond donors (Lipinski definition) is 1. The van der Waals surface area contributed by atoms with Gasteiger partial charge in [0.1, 0.15) is 0 Å². The number of anilines is 1. The lowest BCUT2D eigenvalue weighted by molar-refractivity contribution is -0.121. The van der Waals surface area contributed by atoms with Crippen LogP contribution in [0, 0.1) is 6.92 Å². The van der Waals surface area contributed by atoms with Crippen LogP contribution in [-0.2, 0) is 16.0 Å². The van der Waals surface area contributed by atoms with Crippen molar-refractivity contribution in [2.45, 2.75) is 46.1 Å². The molecule has 0 radical (unpaired) electrons. The molecule has 3 rings (SSSR count). The Labute approximate surface area is 154 Å². The lowest BCUT2D eigenvalue weighted by Crippen LogP contribution is -2.31. The van der Waals surface area contributed by atoms with Crippen molar-refractivity contribution < 1.29 is 9.59 Å². The molecule has 2 amide bonds. The Kier molecular flexibility index (Phi) is 5.07. The number of hydrogen-bond acceptors (Lipinski definition) is 3. The van der Waals surface area contributed by atoms with Crippen LogP contribution in [-0.4, -0.2) is 23.8 Å². The SMILES string of the molecule is CCC(=O)N[C@H](C)c1cncc(-c2ccc3c(c2)CCC(=O)N3C)c1C. The van der Waals surface area contributed by atoms with Crippen molar-refractivity contribution in [1.29, 1.82) is 0 Å². The molecule has 1 aromatic carbocycles. The predicted octanol–water partition coefficient (Wildman–Crippen LogP) is 3.55. The van der Waals surface area contributed by atoms with Gasteiger partial charge in [-0.05, 0) is 54.7 Å². The standard InChI is InChI=1S/C21H25N3O2/c1-5-20(25)23-14(3)17-11-22-12-18(13(17)2)15-6-8-19-16(10-15)7-9-21(26)24(19)4/h6,8,10-12,14H,5,7,9H2,1-4H3,(H,23,25)/t14-/m1/s1. The molecule has 1 N–H and O–H groups in total. The first-order valence-corrected chi connectivity index (χ1v) is 9.06. The van der Waals surface area contributed by atoms with Gasteiger partial charge in [-0.2, -0.15) is 0 Å². The smallest absolute Gasteiger partial charge is 0.227 e. The van der Waals surface area contributed by atoms with Crippen LogP contribution in [0.1, 0.15) is 49.4 Å². The number of amides is 2. The number of benzene rings is 1. The van der Waals surface area contributed by atoms with Crippen LogP contribution in [0.15, 0.2) is 30.6 Å². The molecule has 5 nitrogen and oxygen atoms in total. The van der Waals surface area contributed by atoms with Crippen molar-refractivity contribution >= 4 is 17.5 Å². The Hall–Kier alpha value is -2.69. The van der Waals surface area contributed by atoms with Gasteiger partial charge in [-0.25, -0.2) is 0 Å². The Morgan fingerprint density at radius 2 is 2.08 bits per heavy atom. The van der Waals surface area contributed by atoms with Crippen LogP contribution in [0.5, 0.6) is 0 Å². The average Bonchev–Trinajstić information content (AvgIpc) is 2.64. The van der Waals surface area contributed by atoms with Gasteiger partial charge in [0.05, 0.1) is 6.04 Å². The molecule has 2 heterocycles. The third-order valence-corrected chi connectivity index (χ3v) is 5.15. The Balaban J connectivity index is 1.97. The zero-order chi connectivity index (χ0) is 18.8. The van der Waals surface area contributed by atoms with E-state index in [1.165, 1.54) is 5.56 Å². The molecule has 136 valence electrons. The normalized spacial score (nSPS) is 14.8. The number of pyridine rings is 1. The number of carbonyl (C=O) groups excluding carboxylic acids is 2. The molecule has 1 aromatic heterocycles. The Bertz CT molecular complexity index is 860. The van der Waals surface area contributed by atoms with E-state index < -0.39 is 0 Å². The summed E-state index contributed by atoms with van der Waals surface area (Å²) in [5, 5.41) is 3.00. The van der Waals surface area contributed by atoms with Crippen LogP contribution < -0.4 is 10.2 Å². The van der Waals surface area contributed by atoms with E-state index >= 15 is 0 Å². The molecular formula is C21H25N3O2. The van der Waals surface area contributed by atoms with E-state index in [1.807, 2.05) is 45.4 Å². The monoisotopic (exact) mass is 351 g/mol. The lowest BCUT2D eigenvalue weighted by Gasteiger charge is -2.26. The van der Waals surface area contributed by atoms with Crippen LogP contribution in [0.3, 0.4) is 0 Å². The van der Waals surface area contributed by atoms with E-state index in [-0.39, 0.29) is 17.9 Å². The van der Waals surface area contributed by atoms with Gasteiger partial charge in [-0.1, -0.05) is 13.0 Å². The fourth-order valence-corrected chi connectivity index (χ4v) is 3.51. The maximum absolute atomic E-state index is 11.9. The van der Waals surface area contributed by atoms with Crippen LogP contribution in [0.25, 0.3) is 11.1 Å². The molecule has 26 heavy (non-hydrogen) atoms. The summed E-state index contributed by atoms with van der Waals surface area (Å²) in [6.45, 7) is 5.89. The molecule has 0 spiro atoms. The zero-order valence-corrected chi connectivity index (χ0v) is 15.8. The maximum atomic E-state index is 11.9. The van der Waals surface area contributed by atoms with Gasteiger partial charge >= 0.3 is 0 Å². The van der Waals surface area contributed by atoms with Gasteiger partial charge in [0.25, 0.3) is 0 Å². The number of nitrogens with zero attached hydrogens (tertiary/aromatic N) is 2. The molecule has 5 heteroatoms. The summed E-state index contributed by atoms with van der Waals surface area (Å²) in [7, 11) is 1.82. The predicted molar refractivity (Wildman–Crippen MR) is 103 cm³/mol. The highest BCUT2D eigenvalue weighted by molar-refractivity contribution is 5.96. The van der Waals surface area contributed by atoms with E-state index in [9.17, 15) is 9.59 Å². The van der Waals surface area contributed by atoms with Crippen molar-refractivity contribution in [2.75, 3.05) is 11.9 Å². The van der Waals surface area contributed by atoms with Crippen molar-refractivity contribution in [3.8, 4) is 11.1 Å². The van der Waals surface area contributed by atoms with Gasteiger partial charge in [0.2, 0.25) is 11.8 Å². The van der Waals surface area contributed by atoms with Crippen LogP contribution in [0.2, 0.25) is 0 Å². The number of nitrogens with one attached hydrogen (secondary N) is 1. The molecule has 0 saturated heterocycles. The van der Waals surface area contributed by atoms with Crippen molar-refractivity contribution in [1.82, 2.24) is 10.3 Å². The summed E-state index contributed by atoms with van der Waals surface area (Å²) >= 11 is 0. The average molecular weight is 351 g/mol. The topological polar surface area (TPSA) is 62.3 Å². The second kappa shape index (κ2) is 7.28. The maximum Gasteiger partial charge on any atom is 0.227 e. The minimum Gasteiger partial charge on any atom is -0.350 e. The number of fused-ring (bicyclic) bond motifs is 1. The number of aromatic nitrogens is 1. The highest BCUT2D eigenvalue weighted by Gasteiger charge is 2.22. The molecule has 0 bridgehead atoms. The summed E-state index contributed by atoms with van der Waals surface area (Å²) in [5.74, 6) is 0.189. The molecular weight excluding hydrogens is 326 g/mol. The van der Waals surface area contributed by atoms with E-state index in [0.717, 1.165) is 34.4 Å². The lowest BCUT2D eigenvalue weighted by atomic mass is 9.92. The number of rotatable bonds is 4. The molecule has 1 aliphatic heterocycles. The largest absolute Gasteiger partial charge is 0.350 e. The summed E-state index contributed by atoms with van der Waals surface area (Å²) in [6.07, 6.45) is 5.47. The zero-order valence-electron chi connectivity index (χ0n) is 15.8. The second-order valence-electron chi connectivity index (χ2n) is 6.84. The fraction of sp³-hybridized carbons (Fsp3) is 0.381. The second-order valence-corrected chi connectivity index (χ2v) is 6.84. The molecule has 1 atom stereocenters. The molecule has 2 aromatic rings. The van der Waals surface area contributed by atoms with Gasteiger partial charge in [0, 0.05) is 43.5 Å². The molecule has 0 saturated carbocycles. The summed E-state index contributed by atoms with van der Waals surface area (Å²) < 4.78 is 0. The third kappa shape index (κ3) is 3.34. The van der Waals surface area contributed by atoms with Crippen LogP contribution >= 0.6 is 0 Å².